The lowest BCUT2D eigenvalue weighted by Gasteiger charge is -2.24. The Bertz CT molecular complexity index is 995. The molecule has 0 bridgehead atoms. The van der Waals surface area contributed by atoms with Gasteiger partial charge in [0.05, 0.1) is 0 Å². The first kappa shape index (κ1) is 24.1. The first-order chi connectivity index (χ1) is 15.5. The van der Waals surface area contributed by atoms with Crippen molar-refractivity contribution in [3.05, 3.63) is 59.7 Å². The second kappa shape index (κ2) is 9.93. The first-order valence-electron chi connectivity index (χ1n) is 10.2. The molecule has 3 rings (SSSR count). The molecule has 0 saturated heterocycles. The second-order valence-corrected chi connectivity index (χ2v) is 7.83. The molecule has 0 fully saturated rings. The van der Waals surface area contributed by atoms with Crippen molar-refractivity contribution in [2.24, 2.45) is 0 Å². The maximum Gasteiger partial charge on any atom is 0.407 e. The molecule has 1 aliphatic carbocycles. The highest BCUT2D eigenvalue weighted by atomic mass is 19.4. The highest BCUT2D eigenvalue weighted by Gasteiger charge is 2.34. The van der Waals surface area contributed by atoms with Crippen LogP contribution < -0.4 is 5.32 Å². The Balaban J connectivity index is 1.56. The molecule has 0 spiro atoms. The Labute approximate surface area is 188 Å². The van der Waals surface area contributed by atoms with E-state index in [1.54, 1.807) is 0 Å². The maximum absolute atomic E-state index is 12.6. The predicted octanol–water partition coefficient (Wildman–Crippen LogP) is 3.78. The maximum atomic E-state index is 12.6. The van der Waals surface area contributed by atoms with Gasteiger partial charge < -0.3 is 20.1 Å². The zero-order valence-corrected chi connectivity index (χ0v) is 17.8. The fraction of sp³-hybridized carbons (Fsp3) is 0.348. The number of carbonyl (C=O) groups is 3. The smallest absolute Gasteiger partial charge is 0.407 e. The number of hydrogen-bond donors (Lipinski definition) is 2. The number of carbonyl (C=O) groups excluding carboxylic acids is 2. The summed E-state index contributed by atoms with van der Waals surface area (Å²) in [6, 6.07) is 14.7. The summed E-state index contributed by atoms with van der Waals surface area (Å²) < 4.78 is 43.3. The van der Waals surface area contributed by atoms with E-state index in [1.165, 1.54) is 6.92 Å². The van der Waals surface area contributed by atoms with E-state index in [1.807, 2.05) is 48.5 Å². The summed E-state index contributed by atoms with van der Waals surface area (Å²) in [6.45, 7) is -1.31. The highest BCUT2D eigenvalue weighted by Crippen LogP contribution is 2.44. The minimum Gasteiger partial charge on any atom is -0.480 e. The van der Waals surface area contributed by atoms with Crippen LogP contribution in [0.15, 0.2) is 48.5 Å². The van der Waals surface area contributed by atoms with Gasteiger partial charge in [0.2, 0.25) is 5.91 Å². The zero-order chi connectivity index (χ0) is 24.2. The number of amides is 2. The molecule has 0 aliphatic heterocycles. The average Bonchev–Trinajstić information content (AvgIpc) is 3.04. The molecule has 2 aromatic rings. The van der Waals surface area contributed by atoms with Gasteiger partial charge in [0.15, 0.2) is 0 Å². The topological polar surface area (TPSA) is 95.9 Å². The summed E-state index contributed by atoms with van der Waals surface area (Å²) in [5.41, 5.74) is 4.16. The van der Waals surface area contributed by atoms with Gasteiger partial charge in [-0.25, -0.2) is 4.79 Å². The summed E-state index contributed by atoms with van der Waals surface area (Å²) >= 11 is 0. The number of alkyl halides is 3. The highest BCUT2D eigenvalue weighted by molar-refractivity contribution is 5.82. The van der Waals surface area contributed by atoms with E-state index in [9.17, 15) is 27.6 Å². The third-order valence-electron chi connectivity index (χ3n) is 5.24. The van der Waals surface area contributed by atoms with Crippen molar-refractivity contribution in [1.29, 1.82) is 0 Å². The van der Waals surface area contributed by atoms with Gasteiger partial charge in [0, 0.05) is 18.4 Å². The summed E-state index contributed by atoms with van der Waals surface area (Å²) in [6.07, 6.45) is -6.07. The number of aliphatic carboxylic acids is 1. The summed E-state index contributed by atoms with van der Waals surface area (Å²) in [4.78, 5) is 35.4. The fourth-order valence-electron chi connectivity index (χ4n) is 3.90. The van der Waals surface area contributed by atoms with Crippen LogP contribution in [-0.4, -0.2) is 59.9 Å². The summed E-state index contributed by atoms with van der Waals surface area (Å²) in [5, 5.41) is 11.2. The monoisotopic (exact) mass is 464 g/mol. The van der Waals surface area contributed by atoms with Crippen LogP contribution in [0.1, 0.15) is 30.4 Å². The molecule has 0 heterocycles. The van der Waals surface area contributed by atoms with Gasteiger partial charge in [-0.3, -0.25) is 9.59 Å². The number of ether oxygens (including phenoxy) is 1. The van der Waals surface area contributed by atoms with Gasteiger partial charge in [-0.1, -0.05) is 48.5 Å². The Morgan fingerprint density at radius 2 is 1.61 bits per heavy atom. The number of halogens is 3. The molecule has 1 aliphatic rings. The number of carboxylic acids is 1. The van der Waals surface area contributed by atoms with E-state index < -0.39 is 49.7 Å². The molecule has 0 unspecified atom stereocenters. The van der Waals surface area contributed by atoms with Crippen molar-refractivity contribution in [2.75, 3.05) is 19.7 Å². The standard InChI is InChI=1S/C23H23F3N2O5/c1-14(10-20(29)28(11-21(30)31)13-23(24,25)26)27-22(32)33-12-19-17-8-4-2-6-15(17)16-7-3-5-9-18(16)19/h2-9,14,19H,10-13H2,1H3,(H,27,32)(H,30,31)/t14-/m0/s1. The van der Waals surface area contributed by atoms with E-state index in [4.69, 9.17) is 9.84 Å². The number of hydrogen-bond acceptors (Lipinski definition) is 4. The molecule has 0 radical (unpaired) electrons. The summed E-state index contributed by atoms with van der Waals surface area (Å²) in [5.74, 6) is -2.77. The van der Waals surface area contributed by atoms with Gasteiger partial charge >= 0.3 is 18.2 Å². The van der Waals surface area contributed by atoms with E-state index in [-0.39, 0.29) is 17.4 Å². The van der Waals surface area contributed by atoms with Crippen LogP contribution in [-0.2, 0) is 14.3 Å². The van der Waals surface area contributed by atoms with E-state index in [0.717, 1.165) is 22.3 Å². The Hall–Kier alpha value is -3.56. The van der Waals surface area contributed by atoms with Gasteiger partial charge in [0.1, 0.15) is 19.7 Å². The minimum atomic E-state index is -4.74. The first-order valence-corrected chi connectivity index (χ1v) is 10.2. The summed E-state index contributed by atoms with van der Waals surface area (Å²) in [7, 11) is 0. The molecule has 0 saturated carbocycles. The average molecular weight is 464 g/mol. The van der Waals surface area contributed by atoms with Gasteiger partial charge in [0.25, 0.3) is 0 Å². The van der Waals surface area contributed by atoms with Crippen LogP contribution in [0.2, 0.25) is 0 Å². The minimum absolute atomic E-state index is 0.0414. The van der Waals surface area contributed by atoms with E-state index in [0.29, 0.717) is 0 Å². The number of nitrogens with zero attached hydrogens (tertiary/aromatic N) is 1. The van der Waals surface area contributed by atoms with Crippen LogP contribution >= 0.6 is 0 Å². The van der Waals surface area contributed by atoms with Crippen molar-refractivity contribution in [2.45, 2.75) is 31.5 Å². The van der Waals surface area contributed by atoms with Gasteiger partial charge in [-0.2, -0.15) is 13.2 Å². The fourth-order valence-corrected chi connectivity index (χ4v) is 3.90. The Kier molecular flexibility index (Phi) is 7.25. The van der Waals surface area contributed by atoms with Crippen molar-refractivity contribution in [3.8, 4) is 11.1 Å². The van der Waals surface area contributed by atoms with E-state index in [2.05, 4.69) is 5.32 Å². The second-order valence-electron chi connectivity index (χ2n) is 7.83. The molecule has 1 atom stereocenters. The molecule has 2 amide bonds. The third-order valence-corrected chi connectivity index (χ3v) is 5.24. The number of rotatable bonds is 8. The Morgan fingerprint density at radius 1 is 1.06 bits per heavy atom. The van der Waals surface area contributed by atoms with Crippen molar-refractivity contribution in [3.63, 3.8) is 0 Å². The van der Waals surface area contributed by atoms with Gasteiger partial charge in [-0.15, -0.1) is 0 Å². The number of carboxylic acid groups (broad SMARTS) is 1. The largest absolute Gasteiger partial charge is 0.480 e. The van der Waals surface area contributed by atoms with Crippen LogP contribution in [0.5, 0.6) is 0 Å². The number of benzene rings is 2. The molecule has 33 heavy (non-hydrogen) atoms. The van der Waals surface area contributed by atoms with Crippen molar-refractivity contribution >= 4 is 18.0 Å². The molecule has 2 aromatic carbocycles. The number of nitrogens with one attached hydrogen (secondary N) is 1. The Morgan fingerprint density at radius 3 is 2.12 bits per heavy atom. The zero-order valence-electron chi connectivity index (χ0n) is 17.8. The van der Waals surface area contributed by atoms with E-state index >= 15 is 0 Å². The van der Waals surface area contributed by atoms with Crippen molar-refractivity contribution in [1.82, 2.24) is 10.2 Å². The lowest BCUT2D eigenvalue weighted by atomic mass is 9.98. The molecule has 176 valence electrons. The molecule has 2 N–H and O–H groups in total. The molecule has 7 nitrogen and oxygen atoms in total. The molecular formula is C23H23F3N2O5. The molecular weight excluding hydrogens is 441 g/mol. The van der Waals surface area contributed by atoms with Crippen LogP contribution in [0.25, 0.3) is 11.1 Å². The van der Waals surface area contributed by atoms with Crippen molar-refractivity contribution < 1.29 is 37.4 Å². The normalized spacial score (nSPS) is 13.6. The lowest BCUT2D eigenvalue weighted by Crippen LogP contribution is -2.45. The van der Waals surface area contributed by atoms with Crippen LogP contribution in [0.3, 0.4) is 0 Å². The number of fused-ring (bicyclic) bond motifs is 3. The number of alkyl carbamates (subject to hydrolysis) is 1. The van der Waals surface area contributed by atoms with Crippen LogP contribution in [0.4, 0.5) is 18.0 Å². The lowest BCUT2D eigenvalue weighted by molar-refractivity contribution is -0.166. The SMILES string of the molecule is C[C@@H](CC(=O)N(CC(=O)O)CC(F)(F)F)NC(=O)OCC1c2ccccc2-c2ccccc21. The molecule has 10 heteroatoms. The predicted molar refractivity (Wildman–Crippen MR) is 113 cm³/mol. The van der Waals surface area contributed by atoms with Crippen LogP contribution in [0, 0.1) is 0 Å². The molecule has 0 aromatic heterocycles. The third kappa shape index (κ3) is 6.24. The quantitative estimate of drug-likeness (QED) is 0.620. The van der Waals surface area contributed by atoms with Gasteiger partial charge in [-0.05, 0) is 29.2 Å².